The van der Waals surface area contributed by atoms with Crippen molar-refractivity contribution < 1.29 is 17.9 Å². The SMILES string of the molecule is CC(C)n1nc2c(c1NC(=O)NS(=O)(=O)/C(C=N)=C1/NCCCO1)CCC2. The van der Waals surface area contributed by atoms with Gasteiger partial charge in [-0.25, -0.2) is 22.6 Å². The fourth-order valence-corrected chi connectivity index (χ4v) is 4.09. The summed E-state index contributed by atoms with van der Waals surface area (Å²) < 4.78 is 34.0. The van der Waals surface area contributed by atoms with Gasteiger partial charge in [-0.05, 0) is 39.5 Å². The molecule has 2 aliphatic rings. The van der Waals surface area contributed by atoms with Crippen LogP contribution in [-0.2, 0) is 27.6 Å². The minimum Gasteiger partial charge on any atom is -0.478 e. The summed E-state index contributed by atoms with van der Waals surface area (Å²) in [6.45, 7) is 4.76. The van der Waals surface area contributed by atoms with Crippen LogP contribution in [0.1, 0.15) is 44.0 Å². The maximum absolute atomic E-state index is 12.5. The number of fused-ring (bicyclic) bond motifs is 1. The van der Waals surface area contributed by atoms with E-state index in [2.05, 4.69) is 15.7 Å². The van der Waals surface area contributed by atoms with Gasteiger partial charge in [0.15, 0.2) is 4.91 Å². The average Bonchev–Trinajstić information content (AvgIpc) is 3.18. The molecule has 0 aromatic carbocycles. The number of urea groups is 1. The lowest BCUT2D eigenvalue weighted by atomic mass is 10.2. The average molecular weight is 396 g/mol. The van der Waals surface area contributed by atoms with Gasteiger partial charge in [0.2, 0.25) is 5.88 Å². The van der Waals surface area contributed by atoms with E-state index in [0.29, 0.717) is 25.2 Å². The number of nitrogens with zero attached hydrogens (tertiary/aromatic N) is 2. The third-order valence-electron chi connectivity index (χ3n) is 4.38. The van der Waals surface area contributed by atoms with E-state index in [9.17, 15) is 13.2 Å². The minimum atomic E-state index is -4.26. The first-order valence-electron chi connectivity index (χ1n) is 8.89. The number of hydrogen-bond acceptors (Lipinski definition) is 7. The van der Waals surface area contributed by atoms with E-state index < -0.39 is 21.0 Å². The van der Waals surface area contributed by atoms with Crippen LogP contribution in [0.15, 0.2) is 10.8 Å². The highest BCUT2D eigenvalue weighted by Gasteiger charge is 2.28. The lowest BCUT2D eigenvalue weighted by Crippen LogP contribution is -2.38. The topological polar surface area (TPSA) is 138 Å². The van der Waals surface area contributed by atoms with Gasteiger partial charge in [-0.15, -0.1) is 0 Å². The van der Waals surface area contributed by atoms with E-state index in [-0.39, 0.29) is 11.9 Å². The number of ether oxygens (including phenoxy) is 1. The Labute approximate surface area is 157 Å². The Bertz CT molecular complexity index is 879. The van der Waals surface area contributed by atoms with Crippen LogP contribution in [0.3, 0.4) is 0 Å². The molecule has 11 heteroatoms. The van der Waals surface area contributed by atoms with Crippen molar-refractivity contribution in [1.82, 2.24) is 19.8 Å². The molecule has 1 aromatic heterocycles. The Morgan fingerprint density at radius 2 is 2.15 bits per heavy atom. The molecule has 2 heterocycles. The Balaban J connectivity index is 1.81. The van der Waals surface area contributed by atoms with E-state index in [1.165, 1.54) is 0 Å². The zero-order valence-corrected chi connectivity index (χ0v) is 16.1. The minimum absolute atomic E-state index is 0.0154. The Morgan fingerprint density at radius 3 is 2.78 bits per heavy atom. The number of anilines is 1. The van der Waals surface area contributed by atoms with Crippen molar-refractivity contribution in [2.45, 2.75) is 45.6 Å². The summed E-state index contributed by atoms with van der Waals surface area (Å²) in [5, 5.41) is 17.3. The first-order valence-corrected chi connectivity index (χ1v) is 10.4. The van der Waals surface area contributed by atoms with Crippen LogP contribution in [0.5, 0.6) is 0 Å². The van der Waals surface area contributed by atoms with Crippen LogP contribution >= 0.6 is 0 Å². The van der Waals surface area contributed by atoms with Crippen LogP contribution < -0.4 is 15.4 Å². The monoisotopic (exact) mass is 396 g/mol. The second-order valence-electron chi connectivity index (χ2n) is 6.69. The summed E-state index contributed by atoms with van der Waals surface area (Å²) in [7, 11) is -4.26. The number of amides is 2. The maximum Gasteiger partial charge on any atom is 0.334 e. The molecule has 1 aliphatic heterocycles. The molecule has 0 bridgehead atoms. The highest BCUT2D eigenvalue weighted by Crippen LogP contribution is 2.30. The predicted octanol–water partition coefficient (Wildman–Crippen LogP) is 1.23. The van der Waals surface area contributed by atoms with Gasteiger partial charge in [-0.2, -0.15) is 5.10 Å². The van der Waals surface area contributed by atoms with Gasteiger partial charge in [-0.1, -0.05) is 0 Å². The molecule has 1 fully saturated rings. The van der Waals surface area contributed by atoms with E-state index >= 15 is 0 Å². The van der Waals surface area contributed by atoms with Crippen molar-refractivity contribution in [3.8, 4) is 0 Å². The van der Waals surface area contributed by atoms with Gasteiger partial charge >= 0.3 is 6.03 Å². The highest BCUT2D eigenvalue weighted by molar-refractivity contribution is 7.94. The van der Waals surface area contributed by atoms with Gasteiger partial charge in [0, 0.05) is 24.4 Å². The van der Waals surface area contributed by atoms with Crippen molar-refractivity contribution in [2.75, 3.05) is 18.5 Å². The zero-order chi connectivity index (χ0) is 19.6. The van der Waals surface area contributed by atoms with Crippen molar-refractivity contribution >= 4 is 28.1 Å². The first kappa shape index (κ1) is 19.2. The molecular formula is C16H24N6O4S. The number of nitrogens with one attached hydrogen (secondary N) is 4. The third kappa shape index (κ3) is 3.92. The van der Waals surface area contributed by atoms with Crippen LogP contribution in [0.4, 0.5) is 10.6 Å². The summed E-state index contributed by atoms with van der Waals surface area (Å²) in [6, 6.07) is -0.885. The molecule has 1 aromatic rings. The Kier molecular flexibility index (Phi) is 5.40. The lowest BCUT2D eigenvalue weighted by Gasteiger charge is -2.20. The first-order chi connectivity index (χ1) is 12.8. The molecule has 148 valence electrons. The molecule has 27 heavy (non-hydrogen) atoms. The quantitative estimate of drug-likeness (QED) is 0.552. The normalized spacial score (nSPS) is 18.3. The smallest absolute Gasteiger partial charge is 0.334 e. The maximum atomic E-state index is 12.5. The number of aryl methyl sites for hydroxylation is 1. The fourth-order valence-electron chi connectivity index (χ4n) is 3.15. The van der Waals surface area contributed by atoms with Crippen LogP contribution in [-0.4, -0.2) is 43.6 Å². The van der Waals surface area contributed by atoms with Crippen molar-refractivity contribution in [1.29, 1.82) is 5.41 Å². The lowest BCUT2D eigenvalue weighted by molar-refractivity contribution is 0.157. The molecule has 0 unspecified atom stereocenters. The van der Waals surface area contributed by atoms with Gasteiger partial charge in [-0.3, -0.25) is 5.32 Å². The second-order valence-corrected chi connectivity index (χ2v) is 8.34. The largest absolute Gasteiger partial charge is 0.478 e. The summed E-state index contributed by atoms with van der Waals surface area (Å²) >= 11 is 0. The summed E-state index contributed by atoms with van der Waals surface area (Å²) in [5.41, 5.74) is 1.88. The Morgan fingerprint density at radius 1 is 1.37 bits per heavy atom. The number of carbonyl (C=O) groups excluding carboxylic acids is 1. The molecule has 1 saturated heterocycles. The molecule has 0 spiro atoms. The molecule has 4 N–H and O–H groups in total. The van der Waals surface area contributed by atoms with Crippen molar-refractivity contribution in [2.24, 2.45) is 0 Å². The molecular weight excluding hydrogens is 372 g/mol. The van der Waals surface area contributed by atoms with Gasteiger partial charge in [0.25, 0.3) is 10.0 Å². The van der Waals surface area contributed by atoms with Crippen molar-refractivity contribution in [3.63, 3.8) is 0 Å². The molecule has 10 nitrogen and oxygen atoms in total. The molecule has 0 atom stereocenters. The van der Waals surface area contributed by atoms with Crippen molar-refractivity contribution in [3.05, 3.63) is 22.0 Å². The number of hydrogen-bond donors (Lipinski definition) is 4. The number of allylic oxidation sites excluding steroid dienone is 1. The third-order valence-corrected chi connectivity index (χ3v) is 5.71. The van der Waals surface area contributed by atoms with E-state index in [1.54, 1.807) is 4.68 Å². The number of rotatable bonds is 5. The standard InChI is InChI=1S/C16H24N6O4S/c1-10(2)22-14(11-5-3-6-12(11)20-22)19-16(23)21-27(24,25)13(9-17)15-18-7-4-8-26-15/h9-10,17-18H,3-8H2,1-2H3,(H2,19,21,23)/b15-13-,17-9?. The van der Waals surface area contributed by atoms with Gasteiger partial charge in [0.05, 0.1) is 12.3 Å². The van der Waals surface area contributed by atoms with Crippen LogP contribution in [0.25, 0.3) is 0 Å². The molecule has 0 saturated carbocycles. The van der Waals surface area contributed by atoms with Gasteiger partial charge in [0.1, 0.15) is 5.82 Å². The molecule has 0 radical (unpaired) electrons. The molecule has 3 rings (SSSR count). The molecule has 2 amide bonds. The second kappa shape index (κ2) is 7.59. The highest BCUT2D eigenvalue weighted by atomic mass is 32.2. The van der Waals surface area contributed by atoms with Crippen LogP contribution in [0, 0.1) is 5.41 Å². The number of carbonyl (C=O) groups is 1. The molecule has 1 aliphatic carbocycles. The Hall–Kier alpha value is -2.56. The summed E-state index contributed by atoms with van der Waals surface area (Å²) in [6.07, 6.45) is 3.97. The number of aromatic nitrogens is 2. The summed E-state index contributed by atoms with van der Waals surface area (Å²) in [4.78, 5) is 12.0. The number of sulfonamides is 1. The fraction of sp³-hybridized carbons (Fsp3) is 0.562. The van der Waals surface area contributed by atoms with Crippen LogP contribution in [0.2, 0.25) is 0 Å². The van der Waals surface area contributed by atoms with Gasteiger partial charge < -0.3 is 15.5 Å². The summed E-state index contributed by atoms with van der Waals surface area (Å²) in [5.74, 6) is 0.492. The zero-order valence-electron chi connectivity index (χ0n) is 15.3. The van der Waals surface area contributed by atoms with E-state index in [4.69, 9.17) is 10.1 Å². The van der Waals surface area contributed by atoms with E-state index in [0.717, 1.165) is 36.9 Å². The predicted molar refractivity (Wildman–Crippen MR) is 100 cm³/mol. The van der Waals surface area contributed by atoms with E-state index in [1.807, 2.05) is 18.6 Å².